The van der Waals surface area contributed by atoms with E-state index in [2.05, 4.69) is 43.2 Å². The molecule has 0 aliphatic carbocycles. The van der Waals surface area contributed by atoms with Gasteiger partial charge in [0.25, 0.3) is 0 Å². The van der Waals surface area contributed by atoms with E-state index in [0.717, 1.165) is 6.67 Å². The SMILES string of the molecule is C=S(C)(CC)(C(C)C)N1CCN(CCC)C1. The molecule has 0 unspecified atom stereocenters. The van der Waals surface area contributed by atoms with Gasteiger partial charge in [0.05, 0.1) is 6.67 Å². The van der Waals surface area contributed by atoms with Gasteiger partial charge >= 0.3 is 0 Å². The van der Waals surface area contributed by atoms with Crippen LogP contribution in [0.15, 0.2) is 0 Å². The third-order valence-corrected chi connectivity index (χ3v) is 10.6. The Kier molecular flexibility index (Phi) is 4.25. The molecule has 0 spiro atoms. The topological polar surface area (TPSA) is 6.48 Å². The zero-order valence-electron chi connectivity index (χ0n) is 11.8. The predicted molar refractivity (Wildman–Crippen MR) is 79.8 cm³/mol. The van der Waals surface area contributed by atoms with Crippen molar-refractivity contribution in [3.05, 3.63) is 0 Å². The Bertz CT molecular complexity index is 298. The van der Waals surface area contributed by atoms with Gasteiger partial charge in [-0.3, -0.25) is 9.21 Å². The summed E-state index contributed by atoms with van der Waals surface area (Å²) in [5.74, 6) is 5.92. The summed E-state index contributed by atoms with van der Waals surface area (Å²) in [5, 5.41) is 0.684. The summed E-state index contributed by atoms with van der Waals surface area (Å²) in [6, 6.07) is 0. The van der Waals surface area contributed by atoms with Crippen LogP contribution in [-0.4, -0.2) is 58.6 Å². The molecule has 1 aliphatic heterocycles. The van der Waals surface area contributed by atoms with Crippen molar-refractivity contribution in [2.24, 2.45) is 0 Å². The molecule has 0 bridgehead atoms. The van der Waals surface area contributed by atoms with E-state index in [1.54, 1.807) is 0 Å². The minimum absolute atomic E-state index is 0.684. The predicted octanol–water partition coefficient (Wildman–Crippen LogP) is 2.72. The number of nitrogens with zero attached hydrogens (tertiary/aromatic N) is 2. The van der Waals surface area contributed by atoms with E-state index in [1.807, 2.05) is 0 Å². The Hall–Kier alpha value is 0.140. The normalized spacial score (nSPS) is 22.5. The van der Waals surface area contributed by atoms with Gasteiger partial charge < -0.3 is 0 Å². The first-order chi connectivity index (χ1) is 7.34. The molecule has 0 aromatic rings. The zero-order chi connectivity index (χ0) is 12.4. The summed E-state index contributed by atoms with van der Waals surface area (Å²) in [4.78, 5) is 2.57. The molecule has 0 aromatic carbocycles. The highest BCUT2D eigenvalue weighted by Gasteiger charge is 2.37. The van der Waals surface area contributed by atoms with Crippen molar-refractivity contribution >= 4 is 14.8 Å². The number of hydrogen-bond donors (Lipinski definition) is 0. The van der Waals surface area contributed by atoms with Crippen LogP contribution < -0.4 is 0 Å². The molecule has 1 rings (SSSR count). The van der Waals surface area contributed by atoms with Gasteiger partial charge in [0.15, 0.2) is 0 Å². The smallest absolute Gasteiger partial charge is 0.0587 e. The number of hydrogen-bond acceptors (Lipinski definition) is 2. The standard InChI is InChI=1S/C13H30N2S/c1-7-9-14-10-11-15(12-14)16(5,6,8-2)13(3)4/h13H,5,7-12H2,1-4,6H3. The van der Waals surface area contributed by atoms with E-state index in [-0.39, 0.29) is 0 Å². The molecule has 1 saturated heterocycles. The van der Waals surface area contributed by atoms with Gasteiger partial charge in [0.2, 0.25) is 0 Å². The summed E-state index contributed by atoms with van der Waals surface area (Å²) < 4.78 is 2.69. The second kappa shape index (κ2) is 4.79. The van der Waals surface area contributed by atoms with Crippen molar-refractivity contribution in [2.75, 3.05) is 38.3 Å². The van der Waals surface area contributed by atoms with Gasteiger partial charge in [-0.1, -0.05) is 33.6 Å². The van der Waals surface area contributed by atoms with Crippen LogP contribution in [0.2, 0.25) is 0 Å². The first kappa shape index (κ1) is 14.2. The quantitative estimate of drug-likeness (QED) is 0.688. The largest absolute Gasteiger partial charge is 0.289 e. The molecular weight excluding hydrogens is 216 g/mol. The van der Waals surface area contributed by atoms with Crippen molar-refractivity contribution in [2.45, 2.75) is 39.4 Å². The minimum atomic E-state index is -1.61. The summed E-state index contributed by atoms with van der Waals surface area (Å²) in [6.45, 7) is 14.1. The molecule has 0 saturated carbocycles. The second-order valence-corrected chi connectivity index (χ2v) is 11.5. The van der Waals surface area contributed by atoms with Crippen LogP contribution >= 0.6 is 8.94 Å². The average Bonchev–Trinajstić information content (AvgIpc) is 2.68. The average molecular weight is 246 g/mol. The van der Waals surface area contributed by atoms with Gasteiger partial charge in [0.1, 0.15) is 0 Å². The minimum Gasteiger partial charge on any atom is -0.289 e. The lowest BCUT2D eigenvalue weighted by Crippen LogP contribution is -2.38. The molecule has 16 heavy (non-hydrogen) atoms. The van der Waals surface area contributed by atoms with E-state index < -0.39 is 8.94 Å². The first-order valence-corrected chi connectivity index (χ1v) is 9.36. The van der Waals surface area contributed by atoms with Crippen LogP contribution in [0.1, 0.15) is 34.1 Å². The Balaban J connectivity index is 2.81. The van der Waals surface area contributed by atoms with Crippen molar-refractivity contribution in [3.8, 4) is 0 Å². The molecule has 1 fully saturated rings. The lowest BCUT2D eigenvalue weighted by molar-refractivity contribution is 0.309. The van der Waals surface area contributed by atoms with Gasteiger partial charge in [-0.15, -0.1) is 0 Å². The zero-order valence-corrected chi connectivity index (χ0v) is 12.6. The lowest BCUT2D eigenvalue weighted by atomic mass is 10.4. The summed E-state index contributed by atoms with van der Waals surface area (Å²) >= 11 is 0. The number of rotatable bonds is 5. The van der Waals surface area contributed by atoms with E-state index in [9.17, 15) is 0 Å². The lowest BCUT2D eigenvalue weighted by Gasteiger charge is -2.55. The Morgan fingerprint density at radius 1 is 1.25 bits per heavy atom. The van der Waals surface area contributed by atoms with Crippen molar-refractivity contribution in [1.29, 1.82) is 0 Å². The van der Waals surface area contributed by atoms with E-state index >= 15 is 0 Å². The van der Waals surface area contributed by atoms with Crippen LogP contribution in [0.3, 0.4) is 0 Å². The molecule has 0 N–H and O–H groups in total. The van der Waals surface area contributed by atoms with Crippen LogP contribution in [-0.2, 0) is 0 Å². The Labute approximate surface area is 102 Å². The van der Waals surface area contributed by atoms with E-state index in [4.69, 9.17) is 5.87 Å². The Morgan fingerprint density at radius 3 is 2.31 bits per heavy atom. The van der Waals surface area contributed by atoms with Crippen molar-refractivity contribution in [1.82, 2.24) is 9.21 Å². The maximum Gasteiger partial charge on any atom is 0.0587 e. The van der Waals surface area contributed by atoms with Gasteiger partial charge in [-0.05, 0) is 30.2 Å². The molecule has 1 heterocycles. The molecule has 0 atom stereocenters. The van der Waals surface area contributed by atoms with Crippen LogP contribution in [0, 0.1) is 0 Å². The highest BCUT2D eigenvalue weighted by Crippen LogP contribution is 2.60. The van der Waals surface area contributed by atoms with Crippen LogP contribution in [0.4, 0.5) is 0 Å². The summed E-state index contributed by atoms with van der Waals surface area (Å²) in [6.07, 6.45) is 3.70. The molecule has 0 radical (unpaired) electrons. The van der Waals surface area contributed by atoms with Crippen LogP contribution in [0.5, 0.6) is 0 Å². The molecule has 2 nitrogen and oxygen atoms in total. The molecule has 3 heteroatoms. The fraction of sp³-hybridized carbons (Fsp3) is 0.923. The maximum atomic E-state index is 4.70. The van der Waals surface area contributed by atoms with E-state index in [1.165, 1.54) is 31.8 Å². The molecule has 0 aromatic heterocycles. The summed E-state index contributed by atoms with van der Waals surface area (Å²) in [7, 11) is -1.61. The monoisotopic (exact) mass is 246 g/mol. The third kappa shape index (κ3) is 2.36. The van der Waals surface area contributed by atoms with E-state index in [0.29, 0.717) is 5.25 Å². The second-order valence-electron chi connectivity index (χ2n) is 5.70. The molecule has 98 valence electrons. The van der Waals surface area contributed by atoms with Gasteiger partial charge in [-0.25, -0.2) is 8.94 Å². The molecule has 0 amide bonds. The maximum absolute atomic E-state index is 4.70. The summed E-state index contributed by atoms with van der Waals surface area (Å²) in [5.41, 5.74) is 0. The molecular formula is C13H30N2S. The van der Waals surface area contributed by atoms with Crippen molar-refractivity contribution in [3.63, 3.8) is 0 Å². The van der Waals surface area contributed by atoms with Gasteiger partial charge in [-0.2, -0.15) is 0 Å². The molecule has 1 aliphatic rings. The van der Waals surface area contributed by atoms with Crippen molar-refractivity contribution < 1.29 is 0 Å². The Morgan fingerprint density at radius 2 is 1.88 bits per heavy atom. The first-order valence-electron chi connectivity index (χ1n) is 6.55. The highest BCUT2D eigenvalue weighted by molar-refractivity contribution is 8.44. The fourth-order valence-corrected chi connectivity index (χ4v) is 5.14. The third-order valence-electron chi connectivity index (χ3n) is 4.47. The van der Waals surface area contributed by atoms with Crippen LogP contribution in [0.25, 0.3) is 0 Å². The fourth-order valence-electron chi connectivity index (χ4n) is 2.38. The highest BCUT2D eigenvalue weighted by atomic mass is 32.3. The van der Waals surface area contributed by atoms with Gasteiger partial charge in [0, 0.05) is 13.1 Å².